The van der Waals surface area contributed by atoms with Gasteiger partial charge in [0.2, 0.25) is 10.0 Å². The molecule has 1 aliphatic heterocycles. The van der Waals surface area contributed by atoms with Crippen LogP contribution in [0.1, 0.15) is 6.92 Å². The highest BCUT2D eigenvalue weighted by molar-refractivity contribution is 7.89. The van der Waals surface area contributed by atoms with Crippen LogP contribution in [0.2, 0.25) is 0 Å². The fraction of sp³-hybridized carbons (Fsp3) is 0.417. The molecule has 0 radical (unpaired) electrons. The maximum absolute atomic E-state index is 12.6. The molecule has 22 heavy (non-hydrogen) atoms. The van der Waals surface area contributed by atoms with Gasteiger partial charge in [-0.2, -0.15) is 4.31 Å². The summed E-state index contributed by atoms with van der Waals surface area (Å²) >= 11 is 0. The minimum Gasteiger partial charge on any atom is -0.312 e. The van der Waals surface area contributed by atoms with E-state index >= 15 is 0 Å². The molecule has 3 N–H and O–H groups in total. The summed E-state index contributed by atoms with van der Waals surface area (Å²) in [6.45, 7) is 3.17. The monoisotopic (exact) mass is 325 g/mol. The van der Waals surface area contributed by atoms with E-state index in [1.54, 1.807) is 0 Å². The van der Waals surface area contributed by atoms with Crippen molar-refractivity contribution < 1.29 is 8.42 Å². The minimum atomic E-state index is -3.73. The number of rotatable bonds is 2. The first-order chi connectivity index (χ1) is 10.4. The van der Waals surface area contributed by atoms with E-state index in [1.165, 1.54) is 10.4 Å². The number of pyridine rings is 1. The summed E-state index contributed by atoms with van der Waals surface area (Å²) in [6, 6.07) is 1.29. The van der Waals surface area contributed by atoms with Crippen LogP contribution in [0.3, 0.4) is 0 Å². The van der Waals surface area contributed by atoms with Crippen molar-refractivity contribution in [2.45, 2.75) is 17.9 Å². The maximum atomic E-state index is 12.6. The molecule has 1 aliphatic rings. The lowest BCUT2D eigenvalue weighted by molar-refractivity contribution is 0.310. The highest BCUT2D eigenvalue weighted by Gasteiger charge is 2.29. The van der Waals surface area contributed by atoms with Crippen LogP contribution in [-0.2, 0) is 10.0 Å². The highest BCUT2D eigenvalue weighted by atomic mass is 32.2. The topological polar surface area (TPSA) is 128 Å². The Bertz CT molecular complexity index is 932. The van der Waals surface area contributed by atoms with E-state index in [0.29, 0.717) is 19.6 Å². The third kappa shape index (κ3) is 2.56. The summed E-state index contributed by atoms with van der Waals surface area (Å²) in [5, 5.41) is 3.20. The fourth-order valence-corrected chi connectivity index (χ4v) is 3.94. The van der Waals surface area contributed by atoms with Crippen LogP contribution < -0.4 is 16.6 Å². The number of nitrogens with one attached hydrogen (secondary N) is 3. The van der Waals surface area contributed by atoms with E-state index in [2.05, 4.69) is 20.3 Å². The number of aromatic amines is 2. The molecule has 1 atom stereocenters. The molecule has 0 aliphatic carbocycles. The predicted octanol–water partition coefficient (Wildman–Crippen LogP) is -1.41. The zero-order valence-corrected chi connectivity index (χ0v) is 12.6. The Hall–Kier alpha value is -2.04. The molecule has 1 unspecified atom stereocenters. The van der Waals surface area contributed by atoms with Gasteiger partial charge in [0.25, 0.3) is 5.56 Å². The zero-order valence-electron chi connectivity index (χ0n) is 11.8. The molecule has 0 aromatic carbocycles. The number of hydrogen-bond acceptors (Lipinski definition) is 6. The van der Waals surface area contributed by atoms with Crippen molar-refractivity contribution in [2.24, 2.45) is 0 Å². The third-order valence-corrected chi connectivity index (χ3v) is 5.37. The summed E-state index contributed by atoms with van der Waals surface area (Å²) in [7, 11) is -3.73. The number of H-pyrrole nitrogens is 2. The van der Waals surface area contributed by atoms with Gasteiger partial charge < -0.3 is 5.32 Å². The Morgan fingerprint density at radius 1 is 1.32 bits per heavy atom. The second kappa shape index (κ2) is 5.30. The number of sulfonamides is 1. The molecular formula is C12H15N5O4S. The second-order valence-corrected chi connectivity index (χ2v) is 7.13. The lowest BCUT2D eigenvalue weighted by Crippen LogP contribution is -2.51. The van der Waals surface area contributed by atoms with Crippen molar-refractivity contribution in [3.63, 3.8) is 0 Å². The maximum Gasteiger partial charge on any atom is 0.327 e. The number of piperazine rings is 1. The van der Waals surface area contributed by atoms with E-state index in [4.69, 9.17) is 0 Å². The first kappa shape index (κ1) is 14.9. The van der Waals surface area contributed by atoms with Gasteiger partial charge in [-0.25, -0.2) is 18.2 Å². The van der Waals surface area contributed by atoms with Gasteiger partial charge >= 0.3 is 5.69 Å². The van der Waals surface area contributed by atoms with Crippen molar-refractivity contribution in [1.29, 1.82) is 0 Å². The summed E-state index contributed by atoms with van der Waals surface area (Å²) in [5.41, 5.74) is -1.30. The predicted molar refractivity (Wildman–Crippen MR) is 79.2 cm³/mol. The summed E-state index contributed by atoms with van der Waals surface area (Å²) in [6.07, 6.45) is 1.15. The number of fused-ring (bicyclic) bond motifs is 1. The molecule has 2 aromatic heterocycles. The summed E-state index contributed by atoms with van der Waals surface area (Å²) < 4.78 is 26.6. The molecule has 3 heterocycles. The zero-order chi connectivity index (χ0) is 15.9. The van der Waals surface area contributed by atoms with Crippen molar-refractivity contribution in [2.75, 3.05) is 19.6 Å². The van der Waals surface area contributed by atoms with Crippen LogP contribution in [0.4, 0.5) is 0 Å². The van der Waals surface area contributed by atoms with Gasteiger partial charge in [0.15, 0.2) is 0 Å². The van der Waals surface area contributed by atoms with E-state index in [-0.39, 0.29) is 22.0 Å². The van der Waals surface area contributed by atoms with Gasteiger partial charge in [-0.1, -0.05) is 0 Å². The molecule has 118 valence electrons. The smallest absolute Gasteiger partial charge is 0.312 e. The largest absolute Gasteiger partial charge is 0.327 e. The Labute approximate surface area is 125 Å². The van der Waals surface area contributed by atoms with Gasteiger partial charge in [0.05, 0.1) is 5.39 Å². The fourth-order valence-electron chi connectivity index (χ4n) is 2.43. The lowest BCUT2D eigenvalue weighted by Gasteiger charge is -2.30. The summed E-state index contributed by atoms with van der Waals surface area (Å²) in [5.74, 6) is 0. The van der Waals surface area contributed by atoms with Crippen molar-refractivity contribution >= 4 is 21.1 Å². The average molecular weight is 325 g/mol. The van der Waals surface area contributed by atoms with Crippen LogP contribution in [0.25, 0.3) is 11.0 Å². The first-order valence-corrected chi connectivity index (χ1v) is 8.18. The Morgan fingerprint density at radius 2 is 2.09 bits per heavy atom. The van der Waals surface area contributed by atoms with E-state index in [1.807, 2.05) is 6.92 Å². The molecule has 2 aromatic rings. The molecule has 0 amide bonds. The van der Waals surface area contributed by atoms with Gasteiger partial charge in [-0.05, 0) is 13.0 Å². The Morgan fingerprint density at radius 3 is 2.82 bits per heavy atom. The molecule has 1 saturated heterocycles. The number of hydrogen-bond donors (Lipinski definition) is 3. The molecule has 3 rings (SSSR count). The molecular weight excluding hydrogens is 310 g/mol. The number of aromatic nitrogens is 3. The quantitative estimate of drug-likeness (QED) is 0.622. The van der Waals surface area contributed by atoms with Crippen LogP contribution in [0.15, 0.2) is 26.7 Å². The Balaban J connectivity index is 2.09. The average Bonchev–Trinajstić information content (AvgIpc) is 2.46. The van der Waals surface area contributed by atoms with Crippen molar-refractivity contribution in [1.82, 2.24) is 24.6 Å². The van der Waals surface area contributed by atoms with E-state index in [0.717, 1.165) is 6.20 Å². The van der Waals surface area contributed by atoms with Crippen LogP contribution in [0.5, 0.6) is 0 Å². The molecule has 0 spiro atoms. The second-order valence-electron chi connectivity index (χ2n) is 5.19. The van der Waals surface area contributed by atoms with E-state index in [9.17, 15) is 18.0 Å². The van der Waals surface area contributed by atoms with Gasteiger partial charge in [0, 0.05) is 31.9 Å². The van der Waals surface area contributed by atoms with Crippen molar-refractivity contribution in [3.8, 4) is 0 Å². The summed E-state index contributed by atoms with van der Waals surface area (Å²) in [4.78, 5) is 31.2. The first-order valence-electron chi connectivity index (χ1n) is 6.74. The molecule has 1 fully saturated rings. The van der Waals surface area contributed by atoms with Crippen LogP contribution >= 0.6 is 0 Å². The minimum absolute atomic E-state index is 0.0313. The highest BCUT2D eigenvalue weighted by Crippen LogP contribution is 2.18. The van der Waals surface area contributed by atoms with Gasteiger partial charge in [0.1, 0.15) is 10.5 Å². The van der Waals surface area contributed by atoms with Crippen molar-refractivity contribution in [3.05, 3.63) is 33.1 Å². The van der Waals surface area contributed by atoms with Crippen LogP contribution in [0, 0.1) is 0 Å². The standard InChI is InChI=1S/C12H15N5O4S/c1-7-6-17(3-2-13-7)22(20,21)8-4-9-10(14-5-8)15-12(19)16-11(9)18/h4-5,7,13H,2-3,6H2,1H3,(H2,14,15,16,18,19). The molecule has 10 heteroatoms. The van der Waals surface area contributed by atoms with Gasteiger partial charge in [-0.3, -0.25) is 14.8 Å². The lowest BCUT2D eigenvalue weighted by atomic mass is 10.3. The SMILES string of the molecule is CC1CN(S(=O)(=O)c2cnc3[nH]c(=O)[nH]c(=O)c3c2)CCN1. The Kier molecular flexibility index (Phi) is 3.59. The molecule has 0 saturated carbocycles. The number of nitrogens with zero attached hydrogens (tertiary/aromatic N) is 2. The third-order valence-electron chi connectivity index (χ3n) is 3.54. The van der Waals surface area contributed by atoms with E-state index < -0.39 is 21.3 Å². The van der Waals surface area contributed by atoms with Gasteiger partial charge in [-0.15, -0.1) is 0 Å². The molecule has 0 bridgehead atoms. The molecule has 9 nitrogen and oxygen atoms in total. The van der Waals surface area contributed by atoms with Crippen LogP contribution in [-0.4, -0.2) is 53.4 Å². The normalized spacial score (nSPS) is 20.3.